The summed E-state index contributed by atoms with van der Waals surface area (Å²) in [5.41, 5.74) is 6.72. The highest BCUT2D eigenvalue weighted by atomic mass is 35.5. The van der Waals surface area contributed by atoms with E-state index in [2.05, 4.69) is 26.1 Å². The van der Waals surface area contributed by atoms with Crippen LogP contribution in [0.5, 0.6) is 5.75 Å². The number of ether oxygens (including phenoxy) is 1. The average Bonchev–Trinajstić information content (AvgIpc) is 3.47. The Hall–Kier alpha value is -4.41. The number of halogens is 3. The molecule has 216 valence electrons. The first-order chi connectivity index (χ1) is 20.8. The lowest BCUT2D eigenvalue weighted by Crippen LogP contribution is -2.20. The molecule has 1 aromatic heterocycles. The zero-order valence-electron chi connectivity index (χ0n) is 22.2. The van der Waals surface area contributed by atoms with Crippen molar-refractivity contribution in [1.82, 2.24) is 10.4 Å². The van der Waals surface area contributed by atoms with Crippen molar-refractivity contribution in [2.75, 3.05) is 17.2 Å². The Morgan fingerprint density at radius 3 is 2.40 bits per heavy atom. The third-order valence-corrected chi connectivity index (χ3v) is 7.66. The van der Waals surface area contributed by atoms with Crippen LogP contribution in [0.15, 0.2) is 101 Å². The first-order valence-electron chi connectivity index (χ1n) is 12.7. The van der Waals surface area contributed by atoms with E-state index in [-0.39, 0.29) is 17.5 Å². The van der Waals surface area contributed by atoms with Crippen molar-refractivity contribution in [3.05, 3.63) is 123 Å². The maximum Gasteiger partial charge on any atom is 0.271 e. The number of amides is 2. The van der Waals surface area contributed by atoms with Crippen LogP contribution in [0, 0.1) is 0 Å². The number of carbonyl (C=O) groups excluding carboxylic acids is 2. The quantitative estimate of drug-likeness (QED) is 0.104. The van der Waals surface area contributed by atoms with Crippen molar-refractivity contribution < 1.29 is 14.3 Å². The van der Waals surface area contributed by atoms with Gasteiger partial charge in [-0.3, -0.25) is 9.59 Å². The van der Waals surface area contributed by atoms with Gasteiger partial charge in [0.15, 0.2) is 11.7 Å². The molecule has 2 amide bonds. The number of benzene rings is 4. The minimum absolute atomic E-state index is 0.267. The summed E-state index contributed by atoms with van der Waals surface area (Å²) in [6.45, 7) is -0.267. The predicted octanol–water partition coefficient (Wildman–Crippen LogP) is 8.30. The van der Waals surface area contributed by atoms with E-state index in [4.69, 9.17) is 39.5 Å². The van der Waals surface area contributed by atoms with Gasteiger partial charge in [0.25, 0.3) is 11.8 Å². The number of thiazole rings is 1. The molecule has 0 fully saturated rings. The average molecular weight is 651 g/mol. The van der Waals surface area contributed by atoms with E-state index in [0.29, 0.717) is 32.6 Å². The second kappa shape index (κ2) is 14.2. The molecule has 0 saturated carbocycles. The van der Waals surface area contributed by atoms with Gasteiger partial charge in [0.2, 0.25) is 0 Å². The van der Waals surface area contributed by atoms with E-state index in [0.717, 1.165) is 22.1 Å². The first kappa shape index (κ1) is 30.1. The second-order valence-electron chi connectivity index (χ2n) is 8.96. The second-order valence-corrected chi connectivity index (χ2v) is 11.0. The van der Waals surface area contributed by atoms with Crippen LogP contribution in [0.4, 0.5) is 16.5 Å². The fourth-order valence-electron chi connectivity index (χ4n) is 3.76. The van der Waals surface area contributed by atoms with Crippen molar-refractivity contribution in [3.8, 4) is 17.0 Å². The van der Waals surface area contributed by atoms with Crippen LogP contribution in [0.2, 0.25) is 15.1 Å². The van der Waals surface area contributed by atoms with Crippen LogP contribution in [0.3, 0.4) is 0 Å². The van der Waals surface area contributed by atoms with Crippen molar-refractivity contribution in [2.24, 2.45) is 5.10 Å². The van der Waals surface area contributed by atoms with Crippen LogP contribution in [0.1, 0.15) is 15.9 Å². The number of hydrogen-bond acceptors (Lipinski definition) is 7. The molecule has 0 aliphatic rings. The fraction of sp³-hybridized carbons (Fsp3) is 0.0323. The van der Waals surface area contributed by atoms with Crippen molar-refractivity contribution in [2.45, 2.75) is 0 Å². The monoisotopic (exact) mass is 649 g/mol. The van der Waals surface area contributed by atoms with Gasteiger partial charge in [0.05, 0.1) is 27.0 Å². The van der Waals surface area contributed by atoms with E-state index >= 15 is 0 Å². The molecule has 8 nitrogen and oxygen atoms in total. The minimum atomic E-state index is -0.396. The van der Waals surface area contributed by atoms with Crippen LogP contribution in [-0.2, 0) is 4.79 Å². The number of nitrogens with zero attached hydrogens (tertiary/aromatic N) is 2. The Balaban J connectivity index is 1.10. The Bertz CT molecular complexity index is 1780. The molecule has 0 atom stereocenters. The Morgan fingerprint density at radius 1 is 0.860 bits per heavy atom. The Kier molecular flexibility index (Phi) is 9.91. The van der Waals surface area contributed by atoms with E-state index < -0.39 is 5.91 Å². The van der Waals surface area contributed by atoms with Crippen molar-refractivity contribution >= 4 is 80.7 Å². The van der Waals surface area contributed by atoms with E-state index in [1.165, 1.54) is 17.6 Å². The lowest BCUT2D eigenvalue weighted by molar-refractivity contribution is -0.118. The van der Waals surface area contributed by atoms with Gasteiger partial charge in [0.1, 0.15) is 5.75 Å². The summed E-state index contributed by atoms with van der Waals surface area (Å²) in [7, 11) is 0. The zero-order valence-corrected chi connectivity index (χ0v) is 25.3. The van der Waals surface area contributed by atoms with E-state index in [1.807, 2.05) is 47.8 Å². The summed E-state index contributed by atoms with van der Waals surface area (Å²) in [4.78, 5) is 29.4. The van der Waals surface area contributed by atoms with Gasteiger partial charge < -0.3 is 15.4 Å². The molecule has 0 unspecified atom stereocenters. The lowest BCUT2D eigenvalue weighted by Gasteiger charge is -2.10. The summed E-state index contributed by atoms with van der Waals surface area (Å²) >= 11 is 19.7. The molecule has 4 aromatic carbocycles. The number of aromatic nitrogens is 1. The largest absolute Gasteiger partial charge is 0.482 e. The molecule has 12 heteroatoms. The number of para-hydroxylation sites is 1. The highest BCUT2D eigenvalue weighted by molar-refractivity contribution is 7.14. The molecule has 3 N–H and O–H groups in total. The molecule has 1 heterocycles. The maximum absolute atomic E-state index is 12.6. The topological polar surface area (TPSA) is 105 Å². The first-order valence-corrected chi connectivity index (χ1v) is 14.7. The zero-order chi connectivity index (χ0) is 30.2. The fourth-order valence-corrected chi connectivity index (χ4v) is 5.04. The number of anilines is 3. The molecular formula is C31H22Cl3N5O3S. The molecule has 0 spiro atoms. The Labute approximate surface area is 266 Å². The standard InChI is InChI=1S/C31H22Cl3N5O3S/c32-24-12-11-23(15-25(24)33)36-29(40)17-42-28-13-6-19(14-26(28)34)16-35-39-30(41)21-9-7-20(8-10-21)27-18-43-31(38-27)37-22-4-2-1-3-5-22/h1-16,18H,17H2,(H,36,40)(H,37,38)(H,39,41)/b35-16+. The van der Waals surface area contributed by atoms with E-state index in [1.54, 1.807) is 48.5 Å². The van der Waals surface area contributed by atoms with Crippen LogP contribution in [-0.4, -0.2) is 29.6 Å². The maximum atomic E-state index is 12.6. The third kappa shape index (κ3) is 8.33. The molecule has 43 heavy (non-hydrogen) atoms. The number of hydrogen-bond donors (Lipinski definition) is 3. The van der Waals surface area contributed by atoms with Gasteiger partial charge >= 0.3 is 0 Å². The summed E-state index contributed by atoms with van der Waals surface area (Å²) in [6, 6.07) is 26.6. The third-order valence-electron chi connectivity index (χ3n) is 5.87. The van der Waals surface area contributed by atoms with Crippen molar-refractivity contribution in [1.29, 1.82) is 0 Å². The van der Waals surface area contributed by atoms with Gasteiger partial charge in [-0.15, -0.1) is 11.3 Å². The molecule has 0 bridgehead atoms. The van der Waals surface area contributed by atoms with Crippen molar-refractivity contribution in [3.63, 3.8) is 0 Å². The van der Waals surface area contributed by atoms with Crippen LogP contribution >= 0.6 is 46.1 Å². The van der Waals surface area contributed by atoms with Gasteiger partial charge in [-0.25, -0.2) is 10.4 Å². The Morgan fingerprint density at radius 2 is 1.65 bits per heavy atom. The molecule has 5 rings (SSSR count). The normalized spacial score (nSPS) is 10.9. The summed E-state index contributed by atoms with van der Waals surface area (Å²) in [6.07, 6.45) is 1.45. The smallest absolute Gasteiger partial charge is 0.271 e. The van der Waals surface area contributed by atoms with Gasteiger partial charge in [-0.05, 0) is 66.2 Å². The van der Waals surface area contributed by atoms with Gasteiger partial charge in [-0.2, -0.15) is 5.10 Å². The summed E-state index contributed by atoms with van der Waals surface area (Å²) in [5.74, 6) is -0.450. The highest BCUT2D eigenvalue weighted by Crippen LogP contribution is 2.28. The summed E-state index contributed by atoms with van der Waals surface area (Å²) < 4.78 is 5.53. The predicted molar refractivity (Wildman–Crippen MR) is 174 cm³/mol. The minimum Gasteiger partial charge on any atom is -0.482 e. The highest BCUT2D eigenvalue weighted by Gasteiger charge is 2.10. The number of carbonyl (C=O) groups is 2. The molecule has 5 aromatic rings. The summed E-state index contributed by atoms with van der Waals surface area (Å²) in [5, 5.41) is 13.7. The molecular weight excluding hydrogens is 629 g/mol. The number of nitrogens with one attached hydrogen (secondary N) is 3. The molecule has 0 aliphatic carbocycles. The van der Waals surface area contributed by atoms with Crippen LogP contribution in [0.25, 0.3) is 11.3 Å². The van der Waals surface area contributed by atoms with Crippen LogP contribution < -0.4 is 20.8 Å². The molecule has 0 aliphatic heterocycles. The van der Waals surface area contributed by atoms with Gasteiger partial charge in [-0.1, -0.05) is 65.1 Å². The SMILES string of the molecule is O=C(COc1ccc(/C=N/NC(=O)c2ccc(-c3csc(Nc4ccccc4)n3)cc2)cc1Cl)Nc1ccc(Cl)c(Cl)c1. The number of hydrazone groups is 1. The van der Waals surface area contributed by atoms with Gasteiger partial charge in [0, 0.05) is 27.9 Å². The van der Waals surface area contributed by atoms with E-state index in [9.17, 15) is 9.59 Å². The molecule has 0 radical (unpaired) electrons. The molecule has 0 saturated heterocycles. The number of rotatable bonds is 10. The lowest BCUT2D eigenvalue weighted by atomic mass is 10.1.